The van der Waals surface area contributed by atoms with Crippen molar-refractivity contribution in [1.82, 2.24) is 16.0 Å². The topological polar surface area (TPSA) is 104 Å². The Balaban J connectivity index is 1.47. The Morgan fingerprint density at radius 3 is 2.36 bits per heavy atom. The van der Waals surface area contributed by atoms with Gasteiger partial charge in [-0.05, 0) is 85.4 Å². The molecule has 1 saturated heterocycles. The van der Waals surface area contributed by atoms with E-state index in [4.69, 9.17) is 4.42 Å². The number of rotatable bonds is 10. The van der Waals surface area contributed by atoms with E-state index in [2.05, 4.69) is 62.4 Å². The first-order valence-corrected chi connectivity index (χ1v) is 13.1. The Morgan fingerprint density at radius 1 is 1.06 bits per heavy atom. The fourth-order valence-corrected chi connectivity index (χ4v) is 5.48. The van der Waals surface area contributed by atoms with Gasteiger partial charge in [-0.3, -0.25) is 9.59 Å². The minimum absolute atomic E-state index is 0.00744. The molecule has 0 spiro atoms. The molecule has 3 N–H and O–H groups in total. The highest BCUT2D eigenvalue weighted by Gasteiger charge is 2.38. The summed E-state index contributed by atoms with van der Waals surface area (Å²) in [6, 6.07) is 7.40. The summed E-state index contributed by atoms with van der Waals surface area (Å²) in [5.41, 5.74) is 0.744. The predicted molar refractivity (Wildman–Crippen MR) is 145 cm³/mol. The fraction of sp³-hybridized carbons (Fsp3) is 0.607. The van der Waals surface area contributed by atoms with Gasteiger partial charge in [0.1, 0.15) is 11.1 Å². The maximum absolute atomic E-state index is 12.6. The van der Waals surface area contributed by atoms with Crippen molar-refractivity contribution in [1.29, 1.82) is 0 Å². The van der Waals surface area contributed by atoms with Gasteiger partial charge in [-0.25, -0.2) is 4.79 Å². The summed E-state index contributed by atoms with van der Waals surface area (Å²) in [6.45, 7) is 14.9. The zero-order valence-electron chi connectivity index (χ0n) is 22.6. The molecule has 2 amide bonds. The van der Waals surface area contributed by atoms with E-state index in [9.17, 15) is 14.4 Å². The number of benzene rings is 1. The average molecular weight is 499 g/mol. The van der Waals surface area contributed by atoms with Crippen LogP contribution in [0.5, 0.6) is 0 Å². The van der Waals surface area contributed by atoms with Gasteiger partial charge in [0.25, 0.3) is 5.91 Å². The maximum Gasteiger partial charge on any atom is 0.349 e. The first-order valence-electron chi connectivity index (χ1n) is 13.1. The second kappa shape index (κ2) is 11.5. The normalized spacial score (nSPS) is 17.1. The van der Waals surface area contributed by atoms with Crippen molar-refractivity contribution in [2.24, 2.45) is 0 Å². The van der Waals surface area contributed by atoms with Gasteiger partial charge in [-0.1, -0.05) is 0 Å². The molecule has 1 aromatic heterocycles. The van der Waals surface area contributed by atoms with E-state index in [0.29, 0.717) is 36.8 Å². The number of carbonyl (C=O) groups excluding carboxylic acids is 2. The molecule has 0 unspecified atom stereocenters. The van der Waals surface area contributed by atoms with Crippen molar-refractivity contribution in [2.75, 3.05) is 24.5 Å². The highest BCUT2D eigenvalue weighted by molar-refractivity contribution is 5.97. The standard InChI is InChI=1S/C28H42N4O4/c1-7-32(8-2)21-13-12-19-15-22(26(35)36-23(19)16-21)25(34)29-14-10-9-11-24(33)30-20-17-27(3,4)31-28(5,6)18-20/h12-13,15-16,20,31H,7-11,14,17-18H2,1-6H3,(H,29,34)(H,30,33). The van der Waals surface area contributed by atoms with Crippen molar-refractivity contribution >= 4 is 28.5 Å². The Labute approximate surface area is 214 Å². The van der Waals surface area contributed by atoms with Crippen LogP contribution in [0.4, 0.5) is 5.69 Å². The smallest absolute Gasteiger partial charge is 0.349 e. The van der Waals surface area contributed by atoms with E-state index in [0.717, 1.165) is 31.6 Å². The fourth-order valence-electron chi connectivity index (χ4n) is 5.48. The number of hydrogen-bond acceptors (Lipinski definition) is 6. The predicted octanol–water partition coefficient (Wildman–Crippen LogP) is 3.96. The molecule has 0 aliphatic carbocycles. The number of unbranched alkanes of at least 4 members (excludes halogenated alkanes) is 1. The van der Waals surface area contributed by atoms with Crippen molar-refractivity contribution in [2.45, 2.75) is 90.8 Å². The lowest BCUT2D eigenvalue weighted by molar-refractivity contribution is -0.122. The van der Waals surface area contributed by atoms with E-state index in [-0.39, 0.29) is 28.6 Å². The van der Waals surface area contributed by atoms with E-state index < -0.39 is 11.5 Å². The number of amides is 2. The summed E-state index contributed by atoms with van der Waals surface area (Å²) >= 11 is 0. The quantitative estimate of drug-likeness (QED) is 0.338. The highest BCUT2D eigenvalue weighted by atomic mass is 16.4. The van der Waals surface area contributed by atoms with Crippen LogP contribution in [-0.2, 0) is 4.79 Å². The minimum Gasteiger partial charge on any atom is -0.422 e. The van der Waals surface area contributed by atoms with Crippen LogP contribution < -0.4 is 26.5 Å². The van der Waals surface area contributed by atoms with Gasteiger partial charge in [0.2, 0.25) is 5.91 Å². The number of nitrogens with one attached hydrogen (secondary N) is 3. The molecule has 198 valence electrons. The van der Waals surface area contributed by atoms with Crippen LogP contribution in [0.3, 0.4) is 0 Å². The van der Waals surface area contributed by atoms with Crippen LogP contribution in [0.25, 0.3) is 11.0 Å². The monoisotopic (exact) mass is 498 g/mol. The third-order valence-corrected chi connectivity index (χ3v) is 6.76. The molecule has 2 heterocycles. The molecular formula is C28H42N4O4. The molecule has 0 atom stereocenters. The molecule has 1 aromatic carbocycles. The second-order valence-corrected chi connectivity index (χ2v) is 11.1. The molecule has 8 heteroatoms. The number of hydrogen-bond donors (Lipinski definition) is 3. The lowest BCUT2D eigenvalue weighted by Gasteiger charge is -2.46. The van der Waals surface area contributed by atoms with Crippen molar-refractivity contribution in [3.05, 3.63) is 40.2 Å². The molecule has 8 nitrogen and oxygen atoms in total. The average Bonchev–Trinajstić information content (AvgIpc) is 2.76. The number of piperidine rings is 1. The number of nitrogens with zero attached hydrogens (tertiary/aromatic N) is 1. The van der Waals surface area contributed by atoms with Gasteiger partial charge in [0.05, 0.1) is 0 Å². The summed E-state index contributed by atoms with van der Waals surface area (Å²) in [5.74, 6) is -0.416. The zero-order valence-corrected chi connectivity index (χ0v) is 22.6. The van der Waals surface area contributed by atoms with Gasteiger partial charge in [-0.2, -0.15) is 0 Å². The van der Waals surface area contributed by atoms with E-state index in [1.54, 1.807) is 6.07 Å². The Kier molecular flexibility index (Phi) is 8.82. The largest absolute Gasteiger partial charge is 0.422 e. The van der Waals surface area contributed by atoms with Gasteiger partial charge in [-0.15, -0.1) is 0 Å². The van der Waals surface area contributed by atoms with Crippen LogP contribution >= 0.6 is 0 Å². The summed E-state index contributed by atoms with van der Waals surface area (Å²) in [4.78, 5) is 39.7. The highest BCUT2D eigenvalue weighted by Crippen LogP contribution is 2.28. The first-order chi connectivity index (χ1) is 16.9. The third-order valence-electron chi connectivity index (χ3n) is 6.76. The SMILES string of the molecule is CCN(CC)c1ccc2cc(C(=O)NCCCCC(=O)NC3CC(C)(C)NC(C)(C)C3)c(=O)oc2c1. The Hall–Kier alpha value is -2.87. The van der Waals surface area contributed by atoms with Crippen molar-refractivity contribution in [3.8, 4) is 0 Å². The van der Waals surface area contributed by atoms with Crippen molar-refractivity contribution < 1.29 is 14.0 Å². The molecule has 3 rings (SSSR count). The lowest BCUT2D eigenvalue weighted by Crippen LogP contribution is -2.62. The molecule has 0 bridgehead atoms. The van der Waals surface area contributed by atoms with E-state index >= 15 is 0 Å². The summed E-state index contributed by atoms with van der Waals surface area (Å²) in [6.07, 6.45) is 3.50. The second-order valence-electron chi connectivity index (χ2n) is 11.1. The van der Waals surface area contributed by atoms with E-state index in [1.165, 1.54) is 0 Å². The maximum atomic E-state index is 12.6. The zero-order chi connectivity index (χ0) is 26.5. The van der Waals surface area contributed by atoms with Gasteiger partial charge < -0.3 is 25.3 Å². The van der Waals surface area contributed by atoms with Gasteiger partial charge in [0, 0.05) is 60.3 Å². The third kappa shape index (κ3) is 7.32. The Morgan fingerprint density at radius 2 is 1.72 bits per heavy atom. The summed E-state index contributed by atoms with van der Waals surface area (Å²) in [5, 5.41) is 10.3. The molecule has 0 saturated carbocycles. The van der Waals surface area contributed by atoms with Gasteiger partial charge >= 0.3 is 5.63 Å². The molecule has 2 aromatic rings. The molecule has 0 radical (unpaired) electrons. The molecular weight excluding hydrogens is 456 g/mol. The van der Waals surface area contributed by atoms with E-state index in [1.807, 2.05) is 18.2 Å². The van der Waals surface area contributed by atoms with Crippen LogP contribution in [0.15, 0.2) is 33.5 Å². The van der Waals surface area contributed by atoms with Crippen LogP contribution in [-0.4, -0.2) is 48.6 Å². The number of fused-ring (bicyclic) bond motifs is 1. The number of anilines is 1. The molecule has 1 fully saturated rings. The van der Waals surface area contributed by atoms with Crippen LogP contribution in [0.1, 0.15) is 84.0 Å². The lowest BCUT2D eigenvalue weighted by atomic mass is 9.79. The van der Waals surface area contributed by atoms with Crippen molar-refractivity contribution in [3.63, 3.8) is 0 Å². The minimum atomic E-state index is -0.649. The Bertz CT molecular complexity index is 1120. The summed E-state index contributed by atoms with van der Waals surface area (Å²) in [7, 11) is 0. The van der Waals surface area contributed by atoms with Gasteiger partial charge in [0.15, 0.2) is 0 Å². The number of carbonyl (C=O) groups is 2. The molecule has 1 aliphatic rings. The van der Waals surface area contributed by atoms with Crippen LogP contribution in [0, 0.1) is 0 Å². The molecule has 36 heavy (non-hydrogen) atoms. The molecule has 1 aliphatic heterocycles. The summed E-state index contributed by atoms with van der Waals surface area (Å²) < 4.78 is 5.45. The first kappa shape index (κ1) is 27.7. The van der Waals surface area contributed by atoms with Crippen LogP contribution in [0.2, 0.25) is 0 Å².